The molecule has 1 heterocycles. The Hall–Kier alpha value is -1.63. The van der Waals surface area contributed by atoms with E-state index in [4.69, 9.17) is 5.26 Å². The lowest BCUT2D eigenvalue weighted by atomic mass is 9.83. The van der Waals surface area contributed by atoms with E-state index in [1.54, 1.807) is 0 Å². The van der Waals surface area contributed by atoms with Gasteiger partial charge in [-0.3, -0.25) is 0 Å². The molecule has 0 bridgehead atoms. The molecule has 1 saturated carbocycles. The first-order valence-electron chi connectivity index (χ1n) is 5.34. The van der Waals surface area contributed by atoms with Crippen molar-refractivity contribution in [2.45, 2.75) is 31.6 Å². The molecule has 0 saturated heterocycles. The molecule has 0 atom stereocenters. The van der Waals surface area contributed by atoms with Gasteiger partial charge in [0.25, 0.3) is 0 Å². The second-order valence-electron chi connectivity index (χ2n) is 3.81. The Labute approximate surface area is 89.3 Å². The predicted molar refractivity (Wildman–Crippen MR) is 57.3 cm³/mol. The zero-order valence-corrected chi connectivity index (χ0v) is 8.61. The Kier molecular flexibility index (Phi) is 3.13. The average molecular weight is 202 g/mol. The highest BCUT2D eigenvalue weighted by molar-refractivity contribution is 5.33. The molecular weight excluding hydrogens is 188 g/mol. The number of hydrogen-bond acceptors (Lipinski definition) is 4. The van der Waals surface area contributed by atoms with Gasteiger partial charge < -0.3 is 5.32 Å². The summed E-state index contributed by atoms with van der Waals surface area (Å²) in [6.45, 7) is 0.633. The number of nitrogens with zero attached hydrogens (tertiary/aromatic N) is 3. The molecule has 1 aliphatic rings. The molecule has 0 amide bonds. The van der Waals surface area contributed by atoms with E-state index in [1.807, 2.05) is 12.1 Å². The van der Waals surface area contributed by atoms with Crippen LogP contribution in [-0.2, 0) is 0 Å². The molecule has 2 rings (SSSR count). The van der Waals surface area contributed by atoms with Crippen LogP contribution in [0.4, 0.5) is 5.82 Å². The monoisotopic (exact) mass is 202 g/mol. The summed E-state index contributed by atoms with van der Waals surface area (Å²) in [6, 6.07) is 6.05. The SMILES string of the molecule is N#CCCNc1ccc(C2CCC2)nn1. The molecule has 1 aliphatic carbocycles. The van der Waals surface area contributed by atoms with Crippen molar-refractivity contribution >= 4 is 5.82 Å². The molecule has 1 N–H and O–H groups in total. The molecule has 1 aromatic heterocycles. The average Bonchev–Trinajstić information content (AvgIpc) is 2.18. The molecule has 1 aromatic rings. The zero-order valence-electron chi connectivity index (χ0n) is 8.61. The Morgan fingerprint density at radius 2 is 2.27 bits per heavy atom. The lowest BCUT2D eigenvalue weighted by molar-refractivity contribution is 0.408. The Morgan fingerprint density at radius 1 is 1.40 bits per heavy atom. The lowest BCUT2D eigenvalue weighted by Crippen LogP contribution is -2.12. The molecule has 0 aromatic carbocycles. The topological polar surface area (TPSA) is 61.6 Å². The number of nitriles is 1. The van der Waals surface area contributed by atoms with Gasteiger partial charge in [0.05, 0.1) is 18.2 Å². The second kappa shape index (κ2) is 4.74. The van der Waals surface area contributed by atoms with Gasteiger partial charge in [0.15, 0.2) is 0 Å². The van der Waals surface area contributed by atoms with Crippen molar-refractivity contribution in [3.8, 4) is 6.07 Å². The summed E-state index contributed by atoms with van der Waals surface area (Å²) >= 11 is 0. The maximum atomic E-state index is 8.37. The van der Waals surface area contributed by atoms with Gasteiger partial charge >= 0.3 is 0 Å². The van der Waals surface area contributed by atoms with Gasteiger partial charge in [-0.15, -0.1) is 5.10 Å². The summed E-state index contributed by atoms with van der Waals surface area (Å²) in [5.74, 6) is 1.39. The van der Waals surface area contributed by atoms with Crippen molar-refractivity contribution in [2.75, 3.05) is 11.9 Å². The van der Waals surface area contributed by atoms with E-state index < -0.39 is 0 Å². The maximum absolute atomic E-state index is 8.37. The number of anilines is 1. The van der Waals surface area contributed by atoms with E-state index in [2.05, 4.69) is 21.6 Å². The molecule has 0 aliphatic heterocycles. The molecule has 0 spiro atoms. The van der Waals surface area contributed by atoms with E-state index in [-0.39, 0.29) is 0 Å². The highest BCUT2D eigenvalue weighted by atomic mass is 15.2. The maximum Gasteiger partial charge on any atom is 0.148 e. The van der Waals surface area contributed by atoms with E-state index in [9.17, 15) is 0 Å². The summed E-state index contributed by atoms with van der Waals surface area (Å²) in [5.41, 5.74) is 1.10. The van der Waals surface area contributed by atoms with Gasteiger partial charge in [-0.25, -0.2) is 0 Å². The molecule has 1 fully saturated rings. The lowest BCUT2D eigenvalue weighted by Gasteiger charge is -2.23. The smallest absolute Gasteiger partial charge is 0.148 e. The fraction of sp³-hybridized carbons (Fsp3) is 0.545. The fourth-order valence-corrected chi connectivity index (χ4v) is 1.61. The highest BCUT2D eigenvalue weighted by Gasteiger charge is 2.20. The van der Waals surface area contributed by atoms with Crippen molar-refractivity contribution in [2.24, 2.45) is 0 Å². The third kappa shape index (κ3) is 2.44. The van der Waals surface area contributed by atoms with Crippen LogP contribution < -0.4 is 5.32 Å². The summed E-state index contributed by atoms with van der Waals surface area (Å²) in [4.78, 5) is 0. The molecule has 0 radical (unpaired) electrons. The van der Waals surface area contributed by atoms with Crippen LogP contribution >= 0.6 is 0 Å². The molecule has 78 valence electrons. The molecule has 4 heteroatoms. The first-order chi connectivity index (χ1) is 7.40. The van der Waals surface area contributed by atoms with Crippen LogP contribution in [-0.4, -0.2) is 16.7 Å². The minimum absolute atomic E-state index is 0.492. The van der Waals surface area contributed by atoms with Crippen LogP contribution in [0.5, 0.6) is 0 Å². The Morgan fingerprint density at radius 3 is 2.80 bits per heavy atom. The van der Waals surface area contributed by atoms with E-state index >= 15 is 0 Å². The number of aromatic nitrogens is 2. The normalized spacial score (nSPS) is 15.4. The van der Waals surface area contributed by atoms with Crippen molar-refractivity contribution in [3.63, 3.8) is 0 Å². The van der Waals surface area contributed by atoms with E-state index in [1.165, 1.54) is 19.3 Å². The van der Waals surface area contributed by atoms with Gasteiger partial charge in [0.2, 0.25) is 0 Å². The Bertz CT molecular complexity index is 348. The van der Waals surface area contributed by atoms with E-state index in [0.717, 1.165) is 11.5 Å². The third-order valence-electron chi connectivity index (χ3n) is 2.75. The standard InChI is InChI=1S/C11H14N4/c12-7-2-8-13-11-6-5-10(14-15-11)9-3-1-4-9/h5-6,9H,1-4,8H2,(H,13,15). The van der Waals surface area contributed by atoms with Gasteiger partial charge in [-0.05, 0) is 25.0 Å². The van der Waals surface area contributed by atoms with Crippen molar-refractivity contribution in [1.82, 2.24) is 10.2 Å². The first-order valence-corrected chi connectivity index (χ1v) is 5.34. The van der Waals surface area contributed by atoms with Crippen LogP contribution in [0.15, 0.2) is 12.1 Å². The fourth-order valence-electron chi connectivity index (χ4n) is 1.61. The molecule has 0 unspecified atom stereocenters. The minimum atomic E-state index is 0.492. The molecular formula is C11H14N4. The summed E-state index contributed by atoms with van der Waals surface area (Å²) < 4.78 is 0. The van der Waals surface area contributed by atoms with Crippen LogP contribution in [0.1, 0.15) is 37.3 Å². The molecule has 4 nitrogen and oxygen atoms in total. The quantitative estimate of drug-likeness (QED) is 0.759. The zero-order chi connectivity index (χ0) is 10.5. The van der Waals surface area contributed by atoms with Gasteiger partial charge in [0, 0.05) is 12.5 Å². The predicted octanol–water partition coefficient (Wildman–Crippen LogP) is 2.07. The number of rotatable bonds is 4. The van der Waals surface area contributed by atoms with Crippen LogP contribution in [0.3, 0.4) is 0 Å². The van der Waals surface area contributed by atoms with Gasteiger partial charge in [-0.1, -0.05) is 6.42 Å². The summed E-state index contributed by atoms with van der Waals surface area (Å²) in [7, 11) is 0. The van der Waals surface area contributed by atoms with Crippen LogP contribution in [0.2, 0.25) is 0 Å². The van der Waals surface area contributed by atoms with Crippen molar-refractivity contribution in [1.29, 1.82) is 5.26 Å². The van der Waals surface area contributed by atoms with Gasteiger partial charge in [-0.2, -0.15) is 10.4 Å². The highest BCUT2D eigenvalue weighted by Crippen LogP contribution is 2.34. The van der Waals surface area contributed by atoms with Crippen LogP contribution in [0, 0.1) is 11.3 Å². The summed E-state index contributed by atoms with van der Waals surface area (Å²) in [6.07, 6.45) is 4.30. The molecule has 15 heavy (non-hydrogen) atoms. The van der Waals surface area contributed by atoms with Crippen molar-refractivity contribution in [3.05, 3.63) is 17.8 Å². The summed E-state index contributed by atoms with van der Waals surface area (Å²) in [5, 5.41) is 19.7. The third-order valence-corrected chi connectivity index (χ3v) is 2.75. The Balaban J connectivity index is 1.89. The van der Waals surface area contributed by atoms with Crippen molar-refractivity contribution < 1.29 is 0 Å². The minimum Gasteiger partial charge on any atom is -0.368 e. The second-order valence-corrected chi connectivity index (χ2v) is 3.81. The largest absolute Gasteiger partial charge is 0.368 e. The number of hydrogen-bond donors (Lipinski definition) is 1. The first kappa shape index (κ1) is 9.91. The van der Waals surface area contributed by atoms with E-state index in [0.29, 0.717) is 18.9 Å². The van der Waals surface area contributed by atoms with Gasteiger partial charge in [0.1, 0.15) is 5.82 Å². The number of nitrogens with one attached hydrogen (secondary N) is 1. The van der Waals surface area contributed by atoms with Crippen LogP contribution in [0.25, 0.3) is 0 Å².